The summed E-state index contributed by atoms with van der Waals surface area (Å²) in [5.74, 6) is -0.234. The predicted octanol–water partition coefficient (Wildman–Crippen LogP) is 2.47. The van der Waals surface area contributed by atoms with Crippen LogP contribution in [0.5, 0.6) is 0 Å². The number of nitrogens with zero attached hydrogens (tertiary/aromatic N) is 1. The van der Waals surface area contributed by atoms with Gasteiger partial charge in [0.1, 0.15) is 6.61 Å². The number of methoxy groups -OCH3 is 1. The molecule has 6 nitrogen and oxygen atoms in total. The van der Waals surface area contributed by atoms with E-state index in [1.165, 1.54) is 7.11 Å². The van der Waals surface area contributed by atoms with Gasteiger partial charge in [-0.25, -0.2) is 8.42 Å². The topological polar surface area (TPSA) is 75.7 Å². The summed E-state index contributed by atoms with van der Waals surface area (Å²) in [5, 5.41) is 0. The highest BCUT2D eigenvalue weighted by molar-refractivity contribution is 7.91. The van der Waals surface area contributed by atoms with E-state index in [0.717, 1.165) is 28.8 Å². The molecule has 0 unspecified atom stereocenters. The number of ether oxygens (including phenoxy) is 1. The number of benzene rings is 2. The molecule has 2 aromatic carbocycles. The van der Waals surface area contributed by atoms with Crippen molar-refractivity contribution < 1.29 is 17.9 Å². The first-order chi connectivity index (χ1) is 12.4. The highest BCUT2D eigenvalue weighted by Crippen LogP contribution is 2.31. The molecule has 26 heavy (non-hydrogen) atoms. The van der Waals surface area contributed by atoms with Crippen molar-refractivity contribution >= 4 is 27.3 Å². The molecule has 0 aromatic heterocycles. The molecule has 7 heteroatoms. The standard InChI is InChI=1S/C19H22N2O4S/c1-14-3-5-15(6-4-14)13-26(23,24)20-17-8-7-16-9-10-21(18(16)11-17)19(22)12-25-2/h3-8,11,20H,9-10,12-13H2,1-2H3. The molecule has 3 rings (SSSR count). The number of amides is 1. The van der Waals surface area contributed by atoms with E-state index in [-0.39, 0.29) is 18.3 Å². The van der Waals surface area contributed by atoms with Crippen LogP contribution >= 0.6 is 0 Å². The van der Waals surface area contributed by atoms with Crippen LogP contribution in [0.1, 0.15) is 16.7 Å². The number of carbonyl (C=O) groups is 1. The lowest BCUT2D eigenvalue weighted by Crippen LogP contribution is -2.32. The van der Waals surface area contributed by atoms with E-state index in [1.54, 1.807) is 17.0 Å². The number of fused-ring (bicyclic) bond motifs is 1. The summed E-state index contributed by atoms with van der Waals surface area (Å²) in [6.45, 7) is 2.54. The molecule has 0 saturated carbocycles. The van der Waals surface area contributed by atoms with Gasteiger partial charge in [0.25, 0.3) is 5.91 Å². The number of hydrogen-bond acceptors (Lipinski definition) is 4. The Bertz CT molecular complexity index is 908. The summed E-state index contributed by atoms with van der Waals surface area (Å²) < 4.78 is 32.4. The normalized spacial score (nSPS) is 13.5. The van der Waals surface area contributed by atoms with Crippen LogP contribution < -0.4 is 9.62 Å². The number of nitrogens with one attached hydrogen (secondary N) is 1. The lowest BCUT2D eigenvalue weighted by atomic mass is 10.1. The largest absolute Gasteiger partial charge is 0.375 e. The molecule has 2 aromatic rings. The van der Waals surface area contributed by atoms with Crippen LogP contribution in [0.4, 0.5) is 11.4 Å². The fraction of sp³-hybridized carbons (Fsp3) is 0.316. The van der Waals surface area contributed by atoms with Gasteiger partial charge in [-0.1, -0.05) is 35.9 Å². The average Bonchev–Trinajstić information content (AvgIpc) is 3.00. The second kappa shape index (κ2) is 7.47. The number of sulfonamides is 1. The summed E-state index contributed by atoms with van der Waals surface area (Å²) in [6.07, 6.45) is 0.751. The number of anilines is 2. The first-order valence-electron chi connectivity index (χ1n) is 8.36. The van der Waals surface area contributed by atoms with Crippen molar-refractivity contribution in [1.82, 2.24) is 0 Å². The minimum absolute atomic E-state index is 0.00280. The van der Waals surface area contributed by atoms with Gasteiger partial charge in [0, 0.05) is 19.3 Å². The van der Waals surface area contributed by atoms with E-state index in [4.69, 9.17) is 4.74 Å². The third-order valence-electron chi connectivity index (χ3n) is 4.30. The van der Waals surface area contributed by atoms with Gasteiger partial charge < -0.3 is 9.64 Å². The van der Waals surface area contributed by atoms with Crippen molar-refractivity contribution in [2.24, 2.45) is 0 Å². The maximum Gasteiger partial charge on any atom is 0.252 e. The Hall–Kier alpha value is -2.38. The highest BCUT2D eigenvalue weighted by Gasteiger charge is 2.25. The van der Waals surface area contributed by atoms with Crippen LogP contribution in [0.25, 0.3) is 0 Å². The van der Waals surface area contributed by atoms with Crippen molar-refractivity contribution in [3.63, 3.8) is 0 Å². The molecular formula is C19H22N2O4S. The van der Waals surface area contributed by atoms with E-state index in [2.05, 4.69) is 4.72 Å². The Morgan fingerprint density at radius 1 is 1.19 bits per heavy atom. The molecular weight excluding hydrogens is 352 g/mol. The Balaban J connectivity index is 1.77. The van der Waals surface area contributed by atoms with Crippen LogP contribution in [0.2, 0.25) is 0 Å². The minimum atomic E-state index is -3.54. The summed E-state index contributed by atoms with van der Waals surface area (Å²) in [5.41, 5.74) is 4.02. The van der Waals surface area contributed by atoms with Gasteiger partial charge in [-0.2, -0.15) is 0 Å². The van der Waals surface area contributed by atoms with Crippen LogP contribution in [-0.4, -0.2) is 34.6 Å². The zero-order valence-corrected chi connectivity index (χ0v) is 15.7. The van der Waals surface area contributed by atoms with Gasteiger partial charge in [-0.3, -0.25) is 9.52 Å². The minimum Gasteiger partial charge on any atom is -0.375 e. The SMILES string of the molecule is COCC(=O)N1CCc2ccc(NS(=O)(=O)Cc3ccc(C)cc3)cc21. The summed E-state index contributed by atoms with van der Waals surface area (Å²) in [4.78, 5) is 13.8. The van der Waals surface area contributed by atoms with Gasteiger partial charge in [-0.05, 0) is 36.6 Å². The molecule has 0 spiro atoms. The lowest BCUT2D eigenvalue weighted by Gasteiger charge is -2.18. The van der Waals surface area contributed by atoms with Gasteiger partial charge in [0.2, 0.25) is 10.0 Å². The van der Waals surface area contributed by atoms with E-state index in [0.29, 0.717) is 12.2 Å². The maximum absolute atomic E-state index is 12.5. The van der Waals surface area contributed by atoms with Crippen molar-refractivity contribution in [3.8, 4) is 0 Å². The van der Waals surface area contributed by atoms with Gasteiger partial charge in [-0.15, -0.1) is 0 Å². The summed E-state index contributed by atoms with van der Waals surface area (Å²) >= 11 is 0. The number of rotatable bonds is 6. The Kier molecular flexibility index (Phi) is 5.29. The predicted molar refractivity (Wildman–Crippen MR) is 102 cm³/mol. The molecule has 1 aliphatic rings. The van der Waals surface area contributed by atoms with Crippen molar-refractivity contribution in [2.45, 2.75) is 19.1 Å². The second-order valence-electron chi connectivity index (χ2n) is 6.42. The van der Waals surface area contributed by atoms with Crippen molar-refractivity contribution in [1.29, 1.82) is 0 Å². The third kappa shape index (κ3) is 4.23. The number of carbonyl (C=O) groups excluding carboxylic acids is 1. The second-order valence-corrected chi connectivity index (χ2v) is 8.14. The molecule has 138 valence electrons. The molecule has 0 atom stereocenters. The van der Waals surface area contributed by atoms with Crippen LogP contribution in [0.15, 0.2) is 42.5 Å². The zero-order valence-electron chi connectivity index (χ0n) is 14.9. The van der Waals surface area contributed by atoms with Crippen LogP contribution in [0.3, 0.4) is 0 Å². The fourth-order valence-electron chi connectivity index (χ4n) is 3.02. The highest BCUT2D eigenvalue weighted by atomic mass is 32.2. The Morgan fingerprint density at radius 3 is 2.62 bits per heavy atom. The van der Waals surface area contributed by atoms with Gasteiger partial charge in [0.05, 0.1) is 11.4 Å². The average molecular weight is 374 g/mol. The third-order valence-corrected chi connectivity index (χ3v) is 5.56. The zero-order chi connectivity index (χ0) is 18.7. The lowest BCUT2D eigenvalue weighted by molar-refractivity contribution is -0.122. The molecule has 1 heterocycles. The smallest absolute Gasteiger partial charge is 0.252 e. The Labute approximate surface area is 153 Å². The van der Waals surface area contributed by atoms with Crippen molar-refractivity contribution in [3.05, 3.63) is 59.2 Å². The molecule has 0 saturated heterocycles. The van der Waals surface area contributed by atoms with E-state index >= 15 is 0 Å². The number of hydrogen-bond donors (Lipinski definition) is 1. The van der Waals surface area contributed by atoms with Crippen molar-refractivity contribution in [2.75, 3.05) is 29.9 Å². The molecule has 0 fully saturated rings. The molecule has 1 N–H and O–H groups in total. The van der Waals surface area contributed by atoms with Gasteiger partial charge >= 0.3 is 0 Å². The van der Waals surface area contributed by atoms with E-state index in [1.807, 2.05) is 37.3 Å². The van der Waals surface area contributed by atoms with Gasteiger partial charge in [0.15, 0.2) is 0 Å². The summed E-state index contributed by atoms with van der Waals surface area (Å²) in [6, 6.07) is 12.7. The van der Waals surface area contributed by atoms with E-state index < -0.39 is 10.0 Å². The van der Waals surface area contributed by atoms with E-state index in [9.17, 15) is 13.2 Å². The van der Waals surface area contributed by atoms with Crippen LogP contribution in [-0.2, 0) is 31.7 Å². The Morgan fingerprint density at radius 2 is 1.92 bits per heavy atom. The maximum atomic E-state index is 12.5. The fourth-order valence-corrected chi connectivity index (χ4v) is 4.21. The quantitative estimate of drug-likeness (QED) is 0.843. The molecule has 0 bridgehead atoms. The molecule has 1 amide bonds. The monoisotopic (exact) mass is 374 g/mol. The molecule has 1 aliphatic heterocycles. The molecule has 0 radical (unpaired) electrons. The first kappa shape index (κ1) is 18.4. The first-order valence-corrected chi connectivity index (χ1v) is 10.0. The summed E-state index contributed by atoms with van der Waals surface area (Å²) in [7, 11) is -2.07. The van der Waals surface area contributed by atoms with Crippen LogP contribution in [0, 0.1) is 6.92 Å². The number of aryl methyl sites for hydroxylation is 1. The molecule has 0 aliphatic carbocycles.